The third-order valence-electron chi connectivity index (χ3n) is 6.19. The number of pyridine rings is 1. The molecule has 2 aliphatic rings. The molecule has 138 valence electrons. The molecule has 4 heterocycles. The average molecular weight is 361 g/mol. The zero-order valence-electron chi connectivity index (χ0n) is 15.6. The van der Waals surface area contributed by atoms with Crippen LogP contribution in [0.1, 0.15) is 38.3 Å². The molecule has 1 saturated heterocycles. The van der Waals surface area contributed by atoms with Crippen molar-refractivity contribution in [3.63, 3.8) is 0 Å². The van der Waals surface area contributed by atoms with Crippen molar-refractivity contribution in [1.29, 1.82) is 0 Å². The molecule has 2 aromatic heterocycles. The highest BCUT2D eigenvalue weighted by Gasteiger charge is 2.44. The lowest BCUT2D eigenvalue weighted by Crippen LogP contribution is -2.30. The van der Waals surface area contributed by atoms with Gasteiger partial charge in [-0.3, -0.25) is 9.48 Å². The summed E-state index contributed by atoms with van der Waals surface area (Å²) in [6, 6.07) is 10.7. The first-order valence-electron chi connectivity index (χ1n) is 9.62. The van der Waals surface area contributed by atoms with Gasteiger partial charge in [0.2, 0.25) is 5.91 Å². The van der Waals surface area contributed by atoms with Crippen LogP contribution in [-0.4, -0.2) is 33.8 Å². The van der Waals surface area contributed by atoms with E-state index < -0.39 is 5.41 Å². The lowest BCUT2D eigenvalue weighted by molar-refractivity contribution is -0.120. The van der Waals surface area contributed by atoms with Crippen LogP contribution in [0.3, 0.4) is 0 Å². The molecule has 0 bridgehead atoms. The molecule has 0 aliphatic carbocycles. The number of carbonyl (C=O) groups excluding carboxylic acids is 1. The fourth-order valence-electron chi connectivity index (χ4n) is 4.42. The van der Waals surface area contributed by atoms with E-state index in [2.05, 4.69) is 44.6 Å². The number of amides is 1. The molecule has 2 aliphatic heterocycles. The molecule has 0 unspecified atom stereocenters. The average Bonchev–Trinajstić information content (AvgIpc) is 3.39. The van der Waals surface area contributed by atoms with Crippen molar-refractivity contribution in [2.45, 2.75) is 38.1 Å². The molecule has 5 rings (SSSR count). The molecule has 2 atom stereocenters. The van der Waals surface area contributed by atoms with Crippen molar-refractivity contribution in [2.24, 2.45) is 0 Å². The van der Waals surface area contributed by atoms with Crippen LogP contribution in [0.15, 0.2) is 36.5 Å². The Balaban J connectivity index is 1.77. The van der Waals surface area contributed by atoms with E-state index in [1.165, 1.54) is 0 Å². The number of anilines is 1. The summed E-state index contributed by atoms with van der Waals surface area (Å²) in [6.45, 7) is 6.00. The minimum Gasteiger partial charge on any atom is -0.315 e. The summed E-state index contributed by atoms with van der Waals surface area (Å²) in [4.78, 5) is 17.1. The Morgan fingerprint density at radius 2 is 2.15 bits per heavy atom. The Hall–Kier alpha value is -2.73. The minimum absolute atomic E-state index is 0.0173. The first kappa shape index (κ1) is 16.4. The maximum Gasteiger partial charge on any atom is 0.236 e. The summed E-state index contributed by atoms with van der Waals surface area (Å²) in [6.07, 6.45) is 3.56. The molecular weight excluding hydrogens is 338 g/mol. The summed E-state index contributed by atoms with van der Waals surface area (Å²) in [7, 11) is 0. The largest absolute Gasteiger partial charge is 0.315 e. The number of aromatic nitrogens is 3. The first-order chi connectivity index (χ1) is 13.1. The van der Waals surface area contributed by atoms with E-state index in [0.29, 0.717) is 11.9 Å². The molecule has 1 aromatic carbocycles. The molecule has 0 spiro atoms. The fraction of sp³-hybridized carbons (Fsp3) is 0.381. The van der Waals surface area contributed by atoms with Gasteiger partial charge in [0.1, 0.15) is 11.5 Å². The molecule has 6 nitrogen and oxygen atoms in total. The number of rotatable bonds is 3. The number of benzene rings is 1. The van der Waals surface area contributed by atoms with Crippen LogP contribution in [0.4, 0.5) is 5.82 Å². The van der Waals surface area contributed by atoms with Crippen LogP contribution in [0.5, 0.6) is 0 Å². The number of para-hydroxylation sites is 1. The molecule has 6 heteroatoms. The van der Waals surface area contributed by atoms with Gasteiger partial charge < -0.3 is 10.6 Å². The summed E-state index contributed by atoms with van der Waals surface area (Å²) >= 11 is 0. The van der Waals surface area contributed by atoms with Crippen LogP contribution in [0.2, 0.25) is 0 Å². The van der Waals surface area contributed by atoms with Crippen LogP contribution < -0.4 is 10.6 Å². The Labute approximate surface area is 158 Å². The zero-order chi connectivity index (χ0) is 18.6. The number of hydrogen-bond donors (Lipinski definition) is 2. The highest BCUT2D eigenvalue weighted by Crippen LogP contribution is 2.45. The highest BCUT2D eigenvalue weighted by atomic mass is 16.2. The number of hydrogen-bond acceptors (Lipinski definition) is 4. The van der Waals surface area contributed by atoms with Gasteiger partial charge in [0.25, 0.3) is 0 Å². The summed E-state index contributed by atoms with van der Waals surface area (Å²) in [5.74, 6) is 0.687. The topological polar surface area (TPSA) is 71.8 Å². The Kier molecular flexibility index (Phi) is 3.59. The van der Waals surface area contributed by atoms with Gasteiger partial charge in [-0.15, -0.1) is 0 Å². The molecule has 1 amide bonds. The maximum atomic E-state index is 12.7. The van der Waals surface area contributed by atoms with Gasteiger partial charge in [-0.2, -0.15) is 5.10 Å². The summed E-state index contributed by atoms with van der Waals surface area (Å²) in [5.41, 5.74) is 3.47. The second-order valence-electron chi connectivity index (χ2n) is 7.68. The molecule has 0 saturated carbocycles. The molecule has 1 fully saturated rings. The van der Waals surface area contributed by atoms with Gasteiger partial charge >= 0.3 is 0 Å². The molecule has 2 N–H and O–H groups in total. The lowest BCUT2D eigenvalue weighted by atomic mass is 9.79. The van der Waals surface area contributed by atoms with E-state index in [4.69, 9.17) is 5.10 Å². The predicted molar refractivity (Wildman–Crippen MR) is 106 cm³/mol. The SMILES string of the molecule is CC[C@@]1(C)C(=O)Nc2nccc(-c3nn([C@H]4CCNC4)c4ccccc34)c21. The van der Waals surface area contributed by atoms with Crippen molar-refractivity contribution in [3.05, 3.63) is 42.1 Å². The number of carbonyl (C=O) groups is 1. The minimum atomic E-state index is -0.585. The normalized spacial score (nSPS) is 24.4. The molecular formula is C21H23N5O. The standard InChI is InChI=1S/C21H23N5O/c1-3-21(2)17-15(9-11-23-19(17)24-20(21)27)18-14-6-4-5-7-16(14)26(25-18)13-8-10-22-12-13/h4-7,9,11,13,22H,3,8,10,12H2,1-2H3,(H,23,24,27)/t13-,21+/m0/s1. The quantitative estimate of drug-likeness (QED) is 0.751. The van der Waals surface area contributed by atoms with Gasteiger partial charge in [-0.05, 0) is 38.4 Å². The Bertz CT molecular complexity index is 1050. The second kappa shape index (κ2) is 5.89. The zero-order valence-corrected chi connectivity index (χ0v) is 15.6. The van der Waals surface area contributed by atoms with E-state index in [9.17, 15) is 4.79 Å². The fourth-order valence-corrected chi connectivity index (χ4v) is 4.42. The van der Waals surface area contributed by atoms with E-state index in [0.717, 1.165) is 53.7 Å². The van der Waals surface area contributed by atoms with E-state index in [1.807, 2.05) is 19.9 Å². The number of nitrogens with one attached hydrogen (secondary N) is 2. The van der Waals surface area contributed by atoms with Gasteiger partial charge in [0.15, 0.2) is 0 Å². The van der Waals surface area contributed by atoms with Gasteiger partial charge in [0.05, 0.1) is 17.0 Å². The summed E-state index contributed by atoms with van der Waals surface area (Å²) < 4.78 is 2.16. The van der Waals surface area contributed by atoms with E-state index in [1.54, 1.807) is 6.20 Å². The lowest BCUT2D eigenvalue weighted by Gasteiger charge is -2.21. The molecule has 3 aromatic rings. The van der Waals surface area contributed by atoms with Gasteiger partial charge in [-0.25, -0.2) is 4.98 Å². The van der Waals surface area contributed by atoms with Crippen molar-refractivity contribution < 1.29 is 4.79 Å². The van der Waals surface area contributed by atoms with Crippen molar-refractivity contribution in [2.75, 3.05) is 18.4 Å². The predicted octanol–water partition coefficient (Wildman–Crippen LogP) is 3.25. The second-order valence-corrected chi connectivity index (χ2v) is 7.68. The third-order valence-corrected chi connectivity index (χ3v) is 6.19. The van der Waals surface area contributed by atoms with Crippen LogP contribution >= 0.6 is 0 Å². The molecule has 0 radical (unpaired) electrons. The smallest absolute Gasteiger partial charge is 0.236 e. The first-order valence-corrected chi connectivity index (χ1v) is 9.62. The van der Waals surface area contributed by atoms with Crippen LogP contribution in [0.25, 0.3) is 22.2 Å². The van der Waals surface area contributed by atoms with Crippen molar-refractivity contribution >= 4 is 22.6 Å². The van der Waals surface area contributed by atoms with Crippen molar-refractivity contribution in [1.82, 2.24) is 20.1 Å². The number of nitrogens with zero attached hydrogens (tertiary/aromatic N) is 3. The summed E-state index contributed by atoms with van der Waals surface area (Å²) in [5, 5.41) is 12.6. The van der Waals surface area contributed by atoms with Crippen LogP contribution in [-0.2, 0) is 10.2 Å². The highest BCUT2D eigenvalue weighted by molar-refractivity contribution is 6.08. The number of fused-ring (bicyclic) bond motifs is 2. The monoisotopic (exact) mass is 361 g/mol. The third kappa shape index (κ3) is 2.26. The van der Waals surface area contributed by atoms with Crippen molar-refractivity contribution in [3.8, 4) is 11.3 Å². The maximum absolute atomic E-state index is 12.7. The van der Waals surface area contributed by atoms with E-state index in [-0.39, 0.29) is 5.91 Å². The van der Waals surface area contributed by atoms with Gasteiger partial charge in [-0.1, -0.05) is 25.1 Å². The van der Waals surface area contributed by atoms with Crippen LogP contribution in [0, 0.1) is 0 Å². The van der Waals surface area contributed by atoms with E-state index >= 15 is 0 Å². The molecule has 27 heavy (non-hydrogen) atoms. The van der Waals surface area contributed by atoms with Gasteiger partial charge in [0, 0.05) is 29.3 Å². The Morgan fingerprint density at radius 3 is 2.93 bits per heavy atom. The Morgan fingerprint density at radius 1 is 1.30 bits per heavy atom.